The van der Waals surface area contributed by atoms with E-state index in [0.717, 1.165) is 27.6 Å². The first kappa shape index (κ1) is 19.3. The molecule has 3 aromatic heterocycles. The molecule has 8 nitrogen and oxygen atoms in total. The first-order valence-electron chi connectivity index (χ1n) is 10.6. The van der Waals surface area contributed by atoms with E-state index < -0.39 is 0 Å². The van der Waals surface area contributed by atoms with Gasteiger partial charge < -0.3 is 25.3 Å². The highest BCUT2D eigenvalue weighted by atomic mass is 16.1. The summed E-state index contributed by atoms with van der Waals surface area (Å²) in [6, 6.07) is 19.6. The second kappa shape index (κ2) is 7.32. The van der Waals surface area contributed by atoms with Gasteiger partial charge in [0, 0.05) is 35.8 Å². The van der Waals surface area contributed by atoms with Crippen LogP contribution in [0.3, 0.4) is 0 Å². The highest BCUT2D eigenvalue weighted by Gasteiger charge is 2.16. The van der Waals surface area contributed by atoms with Crippen molar-refractivity contribution >= 4 is 33.0 Å². The molecule has 0 fully saturated rings. The van der Waals surface area contributed by atoms with E-state index in [1.807, 2.05) is 42.6 Å². The Hall–Kier alpha value is -4.43. The van der Waals surface area contributed by atoms with Crippen LogP contribution in [0.15, 0.2) is 76.4 Å². The third kappa shape index (κ3) is 3.24. The van der Waals surface area contributed by atoms with Gasteiger partial charge in [-0.1, -0.05) is 42.5 Å². The van der Waals surface area contributed by atoms with Gasteiger partial charge in [-0.05, 0) is 29.3 Å². The third-order valence-electron chi connectivity index (χ3n) is 5.95. The Balaban J connectivity index is 1.53. The van der Waals surface area contributed by atoms with Gasteiger partial charge in [-0.25, -0.2) is 9.78 Å². The van der Waals surface area contributed by atoms with E-state index in [1.165, 1.54) is 0 Å². The molecule has 0 saturated heterocycles. The molecule has 0 aliphatic rings. The minimum atomic E-state index is -0.301. The van der Waals surface area contributed by atoms with E-state index in [4.69, 9.17) is 10.7 Å². The van der Waals surface area contributed by atoms with Gasteiger partial charge in [0.2, 0.25) is 0 Å². The second-order valence-corrected chi connectivity index (χ2v) is 8.12. The number of nitrogens with zero attached hydrogens (tertiary/aromatic N) is 2. The van der Waals surface area contributed by atoms with Crippen molar-refractivity contribution < 1.29 is 0 Å². The number of imidazole rings is 1. The largest absolute Gasteiger partial charge is 0.342 e. The second-order valence-electron chi connectivity index (χ2n) is 8.12. The standard InChI is InChI=1S/C25H20N6O2/c26-11-14-4-3-5-15(8-14)12-31-13-17(16-6-1-2-7-22(16)31)23-24(32)28-19-10-21-20(9-18(19)27-23)29-25(33)30-21/h1-10,13H,11-12,26H2,(H,28,32)(H2,29,30,33). The molecule has 6 aromatic rings. The van der Waals surface area contributed by atoms with Crippen molar-refractivity contribution in [2.24, 2.45) is 5.73 Å². The van der Waals surface area contributed by atoms with Crippen LogP contribution >= 0.6 is 0 Å². The van der Waals surface area contributed by atoms with Gasteiger partial charge in [0.15, 0.2) is 0 Å². The molecule has 0 aliphatic heterocycles. The number of nitrogens with one attached hydrogen (secondary N) is 3. The molecule has 0 radical (unpaired) electrons. The first-order chi connectivity index (χ1) is 16.1. The summed E-state index contributed by atoms with van der Waals surface area (Å²) in [6.45, 7) is 1.13. The Kier molecular flexibility index (Phi) is 4.27. The SMILES string of the molecule is NCc1cccc(Cn2cc(-c3nc4cc5[nH]c(=O)[nH]c5cc4[nH]c3=O)c3ccccc32)c1. The Morgan fingerprint density at radius 1 is 0.848 bits per heavy atom. The van der Waals surface area contributed by atoms with Crippen molar-refractivity contribution in [2.45, 2.75) is 13.1 Å². The molecule has 0 unspecified atom stereocenters. The summed E-state index contributed by atoms with van der Waals surface area (Å²) in [4.78, 5) is 37.8. The molecule has 0 spiro atoms. The van der Waals surface area contributed by atoms with Crippen LogP contribution in [0.4, 0.5) is 0 Å². The number of aromatic amines is 3. The van der Waals surface area contributed by atoms with Crippen LogP contribution in [-0.2, 0) is 13.1 Å². The van der Waals surface area contributed by atoms with Crippen LogP contribution in [0.5, 0.6) is 0 Å². The molecular formula is C25H20N6O2. The predicted octanol–water partition coefficient (Wildman–Crippen LogP) is 3.22. The van der Waals surface area contributed by atoms with Gasteiger partial charge in [0.25, 0.3) is 5.56 Å². The van der Waals surface area contributed by atoms with Crippen molar-refractivity contribution in [2.75, 3.05) is 0 Å². The van der Waals surface area contributed by atoms with Crippen LogP contribution < -0.4 is 17.0 Å². The number of H-pyrrole nitrogens is 3. The normalized spacial score (nSPS) is 11.7. The summed E-state index contributed by atoms with van der Waals surface area (Å²) >= 11 is 0. The van der Waals surface area contributed by atoms with Gasteiger partial charge in [-0.15, -0.1) is 0 Å². The van der Waals surface area contributed by atoms with Gasteiger partial charge in [0.05, 0.1) is 22.1 Å². The number of aromatic nitrogens is 5. The van der Waals surface area contributed by atoms with E-state index in [9.17, 15) is 9.59 Å². The number of nitrogens with two attached hydrogens (primary N) is 1. The molecular weight excluding hydrogens is 416 g/mol. The average molecular weight is 436 g/mol. The maximum Gasteiger partial charge on any atom is 0.323 e. The van der Waals surface area contributed by atoms with E-state index >= 15 is 0 Å². The summed E-state index contributed by atoms with van der Waals surface area (Å²) in [5.74, 6) is 0. The maximum absolute atomic E-state index is 13.0. The van der Waals surface area contributed by atoms with Crippen LogP contribution in [0.25, 0.3) is 44.2 Å². The maximum atomic E-state index is 13.0. The first-order valence-corrected chi connectivity index (χ1v) is 10.6. The number of fused-ring (bicyclic) bond motifs is 3. The van der Waals surface area contributed by atoms with Gasteiger partial charge in [-0.3, -0.25) is 4.79 Å². The van der Waals surface area contributed by atoms with Gasteiger partial charge >= 0.3 is 5.69 Å². The Bertz CT molecular complexity index is 1790. The molecule has 6 rings (SSSR count). The lowest BCUT2D eigenvalue weighted by atomic mass is 10.1. The van der Waals surface area contributed by atoms with Crippen molar-refractivity contribution in [1.82, 2.24) is 24.5 Å². The molecule has 0 amide bonds. The molecule has 8 heteroatoms. The fraction of sp³-hybridized carbons (Fsp3) is 0.0800. The minimum Gasteiger partial charge on any atom is -0.342 e. The molecule has 0 saturated carbocycles. The zero-order valence-corrected chi connectivity index (χ0v) is 17.6. The van der Waals surface area contributed by atoms with E-state index in [0.29, 0.717) is 40.9 Å². The number of para-hydroxylation sites is 1. The van der Waals surface area contributed by atoms with E-state index in [1.54, 1.807) is 12.1 Å². The lowest BCUT2D eigenvalue weighted by Crippen LogP contribution is -2.11. The van der Waals surface area contributed by atoms with Crippen LogP contribution in [0.2, 0.25) is 0 Å². The molecule has 5 N–H and O–H groups in total. The Morgan fingerprint density at radius 2 is 1.64 bits per heavy atom. The van der Waals surface area contributed by atoms with E-state index in [2.05, 4.69) is 31.7 Å². The number of rotatable bonds is 4. The van der Waals surface area contributed by atoms with Crippen molar-refractivity contribution in [3.8, 4) is 11.3 Å². The van der Waals surface area contributed by atoms with Crippen molar-refractivity contribution in [3.63, 3.8) is 0 Å². The van der Waals surface area contributed by atoms with E-state index in [-0.39, 0.29) is 11.2 Å². The summed E-state index contributed by atoms with van der Waals surface area (Å²) in [5, 5.41) is 0.945. The fourth-order valence-corrected chi connectivity index (χ4v) is 4.42. The Labute approximate surface area is 186 Å². The van der Waals surface area contributed by atoms with Crippen LogP contribution in [0, 0.1) is 0 Å². The van der Waals surface area contributed by atoms with Crippen molar-refractivity contribution in [1.29, 1.82) is 0 Å². The summed E-state index contributed by atoms with van der Waals surface area (Å²) in [7, 11) is 0. The molecule has 0 atom stereocenters. The molecule has 3 aromatic carbocycles. The number of benzene rings is 3. The lowest BCUT2D eigenvalue weighted by Gasteiger charge is -2.07. The predicted molar refractivity (Wildman–Crippen MR) is 129 cm³/mol. The van der Waals surface area contributed by atoms with Gasteiger partial charge in [0.1, 0.15) is 5.69 Å². The highest BCUT2D eigenvalue weighted by Crippen LogP contribution is 2.29. The van der Waals surface area contributed by atoms with Crippen LogP contribution in [0.1, 0.15) is 11.1 Å². The summed E-state index contributed by atoms with van der Waals surface area (Å²) in [5.41, 5.74) is 11.9. The smallest absolute Gasteiger partial charge is 0.323 e. The lowest BCUT2D eigenvalue weighted by molar-refractivity contribution is 0.834. The zero-order chi connectivity index (χ0) is 22.5. The average Bonchev–Trinajstić information content (AvgIpc) is 3.36. The third-order valence-corrected chi connectivity index (χ3v) is 5.95. The molecule has 0 bridgehead atoms. The minimum absolute atomic E-state index is 0.284. The quantitative estimate of drug-likeness (QED) is 0.338. The Morgan fingerprint density at radius 3 is 2.48 bits per heavy atom. The zero-order valence-electron chi connectivity index (χ0n) is 17.6. The molecule has 3 heterocycles. The highest BCUT2D eigenvalue weighted by molar-refractivity contribution is 5.97. The summed E-state index contributed by atoms with van der Waals surface area (Å²) in [6.07, 6.45) is 1.97. The van der Waals surface area contributed by atoms with Gasteiger partial charge in [-0.2, -0.15) is 0 Å². The summed E-state index contributed by atoms with van der Waals surface area (Å²) < 4.78 is 2.12. The monoisotopic (exact) mass is 436 g/mol. The molecule has 162 valence electrons. The fourth-order valence-electron chi connectivity index (χ4n) is 4.42. The van der Waals surface area contributed by atoms with Crippen LogP contribution in [-0.4, -0.2) is 24.5 Å². The molecule has 33 heavy (non-hydrogen) atoms. The molecule has 0 aliphatic carbocycles. The topological polar surface area (TPSA) is 125 Å². The number of hydrogen-bond donors (Lipinski definition) is 4. The number of hydrogen-bond acceptors (Lipinski definition) is 4. The van der Waals surface area contributed by atoms with Crippen molar-refractivity contribution in [3.05, 3.63) is 98.8 Å².